The van der Waals surface area contributed by atoms with E-state index in [0.717, 1.165) is 12.8 Å². The Hall–Kier alpha value is -1.80. The van der Waals surface area contributed by atoms with E-state index >= 15 is 0 Å². The van der Waals surface area contributed by atoms with Crippen LogP contribution in [0.3, 0.4) is 0 Å². The number of hydrogen-bond acceptors (Lipinski definition) is 5. The van der Waals surface area contributed by atoms with E-state index < -0.39 is 10.0 Å². The third-order valence-electron chi connectivity index (χ3n) is 4.83. The summed E-state index contributed by atoms with van der Waals surface area (Å²) < 4.78 is 36.0. The molecule has 1 N–H and O–H groups in total. The fraction of sp³-hybridized carbons (Fsp3) is 0.588. The molecule has 138 valence electrons. The van der Waals surface area contributed by atoms with E-state index in [4.69, 9.17) is 9.47 Å². The highest BCUT2D eigenvalue weighted by Crippen LogP contribution is 2.37. The third kappa shape index (κ3) is 4.24. The summed E-state index contributed by atoms with van der Waals surface area (Å²) >= 11 is 0. The molecule has 2 saturated heterocycles. The molecule has 2 atom stereocenters. The topological polar surface area (TPSA) is 84.9 Å². The Balaban J connectivity index is 1.51. The molecule has 25 heavy (non-hydrogen) atoms. The van der Waals surface area contributed by atoms with Gasteiger partial charge in [-0.05, 0) is 37.8 Å². The molecule has 0 spiro atoms. The van der Waals surface area contributed by atoms with E-state index in [2.05, 4.69) is 5.32 Å². The molecule has 2 unspecified atom stereocenters. The van der Waals surface area contributed by atoms with Crippen molar-refractivity contribution in [1.82, 2.24) is 9.62 Å². The fourth-order valence-corrected chi connectivity index (χ4v) is 5.37. The van der Waals surface area contributed by atoms with Crippen molar-refractivity contribution in [2.45, 2.75) is 43.8 Å². The molecule has 0 aromatic heterocycles. The summed E-state index contributed by atoms with van der Waals surface area (Å²) in [6.07, 6.45) is 4.32. The van der Waals surface area contributed by atoms with Crippen molar-refractivity contribution in [2.75, 3.05) is 20.0 Å². The Bertz CT molecular complexity index is 722. The second-order valence-electron chi connectivity index (χ2n) is 6.68. The van der Waals surface area contributed by atoms with Crippen LogP contribution in [0.2, 0.25) is 0 Å². The molecule has 2 aliphatic rings. The Morgan fingerprint density at radius 2 is 1.88 bits per heavy atom. The number of carbonyl (C=O) groups excluding carboxylic acids is 1. The Morgan fingerprint density at radius 1 is 1.24 bits per heavy atom. The summed E-state index contributed by atoms with van der Waals surface area (Å²) in [6, 6.07) is 7.08. The molecule has 7 nitrogen and oxygen atoms in total. The predicted molar refractivity (Wildman–Crippen MR) is 93.1 cm³/mol. The molecule has 2 heterocycles. The van der Waals surface area contributed by atoms with Crippen molar-refractivity contribution >= 4 is 15.9 Å². The molecule has 1 aromatic carbocycles. The van der Waals surface area contributed by atoms with Crippen LogP contribution in [0.5, 0.6) is 11.5 Å². The van der Waals surface area contributed by atoms with Gasteiger partial charge in [0.1, 0.15) is 11.5 Å². The lowest BCUT2D eigenvalue weighted by Gasteiger charge is -2.37. The normalized spacial score (nSPS) is 26.2. The molecule has 1 aromatic rings. The van der Waals surface area contributed by atoms with Crippen molar-refractivity contribution in [3.05, 3.63) is 24.3 Å². The number of ether oxygens (including phenoxy) is 2. The Labute approximate surface area is 148 Å². The third-order valence-corrected chi connectivity index (χ3v) is 6.19. The van der Waals surface area contributed by atoms with Crippen molar-refractivity contribution in [3.63, 3.8) is 0 Å². The highest BCUT2D eigenvalue weighted by molar-refractivity contribution is 7.88. The van der Waals surface area contributed by atoms with Gasteiger partial charge < -0.3 is 14.8 Å². The molecule has 3 rings (SSSR count). The molecule has 2 bridgehead atoms. The molecule has 2 aliphatic heterocycles. The SMILES string of the molecule is COc1cccc(OCC(=O)NC2CC3CCC(C2)N3S(C)(=O)=O)c1. The van der Waals surface area contributed by atoms with Gasteiger partial charge in [0.2, 0.25) is 10.0 Å². The lowest BCUT2D eigenvalue weighted by molar-refractivity contribution is -0.124. The summed E-state index contributed by atoms with van der Waals surface area (Å²) in [6.45, 7) is -0.0746. The number of methoxy groups -OCH3 is 1. The first-order chi connectivity index (χ1) is 11.9. The highest BCUT2D eigenvalue weighted by Gasteiger charge is 2.45. The quantitative estimate of drug-likeness (QED) is 0.814. The number of carbonyl (C=O) groups is 1. The minimum atomic E-state index is -3.18. The monoisotopic (exact) mass is 368 g/mol. The van der Waals surface area contributed by atoms with Crippen LogP contribution < -0.4 is 14.8 Å². The summed E-state index contributed by atoms with van der Waals surface area (Å²) in [4.78, 5) is 12.2. The number of fused-ring (bicyclic) bond motifs is 2. The van der Waals surface area contributed by atoms with Crippen molar-refractivity contribution in [1.29, 1.82) is 0 Å². The zero-order valence-corrected chi connectivity index (χ0v) is 15.3. The van der Waals surface area contributed by atoms with Gasteiger partial charge >= 0.3 is 0 Å². The molecular formula is C17H24N2O5S. The number of sulfonamides is 1. The molecule has 2 fully saturated rings. The van der Waals surface area contributed by atoms with Crippen LogP contribution >= 0.6 is 0 Å². The van der Waals surface area contributed by atoms with E-state index in [1.54, 1.807) is 35.7 Å². The van der Waals surface area contributed by atoms with Gasteiger partial charge in [-0.1, -0.05) is 6.07 Å². The Morgan fingerprint density at radius 3 is 2.48 bits per heavy atom. The summed E-state index contributed by atoms with van der Waals surface area (Å²) in [7, 11) is -1.61. The number of nitrogens with zero attached hydrogens (tertiary/aromatic N) is 1. The van der Waals surface area contributed by atoms with Crippen molar-refractivity contribution in [2.24, 2.45) is 0 Å². The van der Waals surface area contributed by atoms with Gasteiger partial charge in [0.15, 0.2) is 6.61 Å². The van der Waals surface area contributed by atoms with Crippen molar-refractivity contribution in [3.8, 4) is 11.5 Å². The van der Waals surface area contributed by atoms with E-state index in [1.165, 1.54) is 6.26 Å². The predicted octanol–water partition coefficient (Wildman–Crippen LogP) is 1.15. The number of hydrogen-bond donors (Lipinski definition) is 1. The maximum atomic E-state index is 12.2. The maximum absolute atomic E-state index is 12.2. The smallest absolute Gasteiger partial charge is 0.258 e. The van der Waals surface area contributed by atoms with Gasteiger partial charge in [0.05, 0.1) is 13.4 Å². The molecule has 8 heteroatoms. The summed E-state index contributed by atoms with van der Waals surface area (Å²) in [5.74, 6) is 1.05. The first-order valence-electron chi connectivity index (χ1n) is 8.41. The highest BCUT2D eigenvalue weighted by atomic mass is 32.2. The van der Waals surface area contributed by atoms with Gasteiger partial charge in [-0.25, -0.2) is 8.42 Å². The molecule has 0 saturated carbocycles. The van der Waals surface area contributed by atoms with Gasteiger partial charge in [-0.15, -0.1) is 0 Å². The van der Waals surface area contributed by atoms with Crippen LogP contribution in [-0.2, 0) is 14.8 Å². The minimum absolute atomic E-state index is 0.00153. The zero-order valence-electron chi connectivity index (χ0n) is 14.5. The van der Waals surface area contributed by atoms with E-state index in [-0.39, 0.29) is 30.6 Å². The number of benzene rings is 1. The number of amides is 1. The lowest BCUT2D eigenvalue weighted by Crippen LogP contribution is -2.52. The Kier molecular flexibility index (Phi) is 5.19. The van der Waals surface area contributed by atoms with Crippen LogP contribution in [0, 0.1) is 0 Å². The van der Waals surface area contributed by atoms with E-state index in [9.17, 15) is 13.2 Å². The molecule has 1 amide bonds. The standard InChI is InChI=1S/C17H24N2O5S/c1-23-15-4-3-5-16(10-15)24-11-17(20)18-12-8-13-6-7-14(9-12)19(13)25(2,21)22/h3-5,10,12-14H,6-9,11H2,1-2H3,(H,18,20). The van der Waals surface area contributed by atoms with Crippen LogP contribution in [0.4, 0.5) is 0 Å². The molecule has 0 radical (unpaired) electrons. The van der Waals surface area contributed by atoms with Gasteiger partial charge in [0, 0.05) is 24.2 Å². The number of rotatable bonds is 6. The van der Waals surface area contributed by atoms with Crippen LogP contribution in [0.1, 0.15) is 25.7 Å². The van der Waals surface area contributed by atoms with Crippen LogP contribution in [-0.4, -0.2) is 56.7 Å². The van der Waals surface area contributed by atoms with Gasteiger partial charge in [-0.2, -0.15) is 4.31 Å². The molecule has 0 aliphatic carbocycles. The largest absolute Gasteiger partial charge is 0.497 e. The van der Waals surface area contributed by atoms with E-state index in [0.29, 0.717) is 24.3 Å². The lowest BCUT2D eigenvalue weighted by atomic mass is 10.00. The van der Waals surface area contributed by atoms with Crippen LogP contribution in [0.15, 0.2) is 24.3 Å². The summed E-state index contributed by atoms with van der Waals surface area (Å²) in [5, 5.41) is 2.97. The first kappa shape index (κ1) is 18.0. The second-order valence-corrected chi connectivity index (χ2v) is 8.57. The first-order valence-corrected chi connectivity index (χ1v) is 10.3. The van der Waals surface area contributed by atoms with Gasteiger partial charge in [0.25, 0.3) is 5.91 Å². The summed E-state index contributed by atoms with van der Waals surface area (Å²) in [5.41, 5.74) is 0. The minimum Gasteiger partial charge on any atom is -0.497 e. The van der Waals surface area contributed by atoms with Gasteiger partial charge in [-0.3, -0.25) is 4.79 Å². The van der Waals surface area contributed by atoms with Crippen LogP contribution in [0.25, 0.3) is 0 Å². The zero-order chi connectivity index (χ0) is 18.0. The van der Waals surface area contributed by atoms with E-state index in [1.807, 2.05) is 0 Å². The number of nitrogens with one attached hydrogen (secondary N) is 1. The second kappa shape index (κ2) is 7.21. The number of piperidine rings is 1. The molecular weight excluding hydrogens is 344 g/mol. The average molecular weight is 368 g/mol. The maximum Gasteiger partial charge on any atom is 0.258 e. The fourth-order valence-electron chi connectivity index (χ4n) is 3.90. The van der Waals surface area contributed by atoms with Crippen molar-refractivity contribution < 1.29 is 22.7 Å². The average Bonchev–Trinajstić information content (AvgIpc) is 2.85.